The summed E-state index contributed by atoms with van der Waals surface area (Å²) < 4.78 is 15.3. The van der Waals surface area contributed by atoms with Gasteiger partial charge in [-0.1, -0.05) is 11.2 Å². The van der Waals surface area contributed by atoms with Crippen LogP contribution in [0.4, 0.5) is 10.6 Å². The number of nitrogens with one attached hydrogen (secondary N) is 2. The number of ether oxygens (including phenoxy) is 2. The SMILES string of the molecule is COc1ccc([C@@H](C)NC(=O)Nc2cc(C)on2)cc1OC. The van der Waals surface area contributed by atoms with Gasteiger partial charge in [-0.05, 0) is 31.5 Å². The summed E-state index contributed by atoms with van der Waals surface area (Å²) >= 11 is 0. The maximum atomic E-state index is 11.9. The van der Waals surface area contributed by atoms with Crippen LogP contribution in [0.2, 0.25) is 0 Å². The first-order valence-electron chi connectivity index (χ1n) is 6.76. The van der Waals surface area contributed by atoms with E-state index < -0.39 is 0 Å². The molecule has 1 aromatic heterocycles. The van der Waals surface area contributed by atoms with E-state index in [0.29, 0.717) is 23.1 Å². The van der Waals surface area contributed by atoms with E-state index in [4.69, 9.17) is 14.0 Å². The number of amides is 2. The lowest BCUT2D eigenvalue weighted by Crippen LogP contribution is -2.31. The summed E-state index contributed by atoms with van der Waals surface area (Å²) in [5, 5.41) is 9.12. The van der Waals surface area contributed by atoms with Crippen molar-refractivity contribution in [1.82, 2.24) is 10.5 Å². The Bertz CT molecular complexity index is 654. The molecule has 2 N–H and O–H groups in total. The molecule has 1 heterocycles. The largest absolute Gasteiger partial charge is 0.493 e. The minimum absolute atomic E-state index is 0.215. The number of aromatic nitrogens is 1. The third kappa shape index (κ3) is 3.69. The van der Waals surface area contributed by atoms with Crippen LogP contribution in [-0.4, -0.2) is 25.4 Å². The van der Waals surface area contributed by atoms with Gasteiger partial charge >= 0.3 is 6.03 Å². The fourth-order valence-corrected chi connectivity index (χ4v) is 1.98. The van der Waals surface area contributed by atoms with Gasteiger partial charge in [-0.2, -0.15) is 0 Å². The Morgan fingerprint density at radius 2 is 1.95 bits per heavy atom. The molecule has 0 saturated carbocycles. The van der Waals surface area contributed by atoms with Gasteiger partial charge in [-0.25, -0.2) is 4.79 Å². The second kappa shape index (κ2) is 6.84. The van der Waals surface area contributed by atoms with Gasteiger partial charge < -0.3 is 19.3 Å². The number of methoxy groups -OCH3 is 2. The van der Waals surface area contributed by atoms with Crippen LogP contribution in [0.3, 0.4) is 0 Å². The number of hydrogen-bond donors (Lipinski definition) is 2. The molecule has 0 fully saturated rings. The number of rotatable bonds is 5. The van der Waals surface area contributed by atoms with Crippen LogP contribution < -0.4 is 20.1 Å². The molecule has 0 bridgehead atoms. The Balaban J connectivity index is 2.02. The van der Waals surface area contributed by atoms with E-state index in [2.05, 4.69) is 15.8 Å². The number of benzene rings is 1. The molecule has 0 unspecified atom stereocenters. The first-order chi connectivity index (χ1) is 10.5. The highest BCUT2D eigenvalue weighted by Gasteiger charge is 2.13. The third-order valence-electron chi connectivity index (χ3n) is 3.12. The second-order valence-electron chi connectivity index (χ2n) is 4.76. The zero-order valence-corrected chi connectivity index (χ0v) is 13.0. The molecule has 7 heteroatoms. The topological polar surface area (TPSA) is 85.6 Å². The van der Waals surface area contributed by atoms with E-state index in [1.54, 1.807) is 33.3 Å². The van der Waals surface area contributed by atoms with E-state index in [1.807, 2.05) is 19.1 Å². The maximum absolute atomic E-state index is 11.9. The van der Waals surface area contributed by atoms with Gasteiger partial charge in [-0.3, -0.25) is 5.32 Å². The van der Waals surface area contributed by atoms with Crippen molar-refractivity contribution in [3.63, 3.8) is 0 Å². The molecular weight excluding hydrogens is 286 g/mol. The average molecular weight is 305 g/mol. The van der Waals surface area contributed by atoms with Gasteiger partial charge in [0.15, 0.2) is 17.3 Å². The monoisotopic (exact) mass is 305 g/mol. The smallest absolute Gasteiger partial charge is 0.320 e. The van der Waals surface area contributed by atoms with Gasteiger partial charge in [0.2, 0.25) is 0 Å². The number of carbonyl (C=O) groups is 1. The molecule has 2 aromatic rings. The summed E-state index contributed by atoms with van der Waals surface area (Å²) in [4.78, 5) is 11.9. The van der Waals surface area contributed by atoms with Gasteiger partial charge in [0, 0.05) is 6.07 Å². The number of anilines is 1. The van der Waals surface area contributed by atoms with Crippen LogP contribution in [0.15, 0.2) is 28.8 Å². The van der Waals surface area contributed by atoms with Gasteiger partial charge in [-0.15, -0.1) is 0 Å². The fourth-order valence-electron chi connectivity index (χ4n) is 1.98. The van der Waals surface area contributed by atoms with Crippen LogP contribution in [0, 0.1) is 6.92 Å². The summed E-state index contributed by atoms with van der Waals surface area (Å²) in [7, 11) is 3.14. The summed E-state index contributed by atoms with van der Waals surface area (Å²) in [6.07, 6.45) is 0. The Morgan fingerprint density at radius 3 is 2.55 bits per heavy atom. The highest BCUT2D eigenvalue weighted by Crippen LogP contribution is 2.29. The van der Waals surface area contributed by atoms with E-state index in [-0.39, 0.29) is 12.1 Å². The third-order valence-corrected chi connectivity index (χ3v) is 3.12. The first-order valence-corrected chi connectivity index (χ1v) is 6.76. The van der Waals surface area contributed by atoms with Crippen molar-refractivity contribution in [2.75, 3.05) is 19.5 Å². The quantitative estimate of drug-likeness (QED) is 0.887. The molecule has 7 nitrogen and oxygen atoms in total. The zero-order valence-electron chi connectivity index (χ0n) is 13.0. The molecule has 0 aliphatic rings. The number of urea groups is 1. The van der Waals surface area contributed by atoms with Crippen molar-refractivity contribution in [1.29, 1.82) is 0 Å². The Morgan fingerprint density at radius 1 is 1.23 bits per heavy atom. The lowest BCUT2D eigenvalue weighted by molar-refractivity contribution is 0.249. The first kappa shape index (κ1) is 15.7. The minimum atomic E-state index is -0.365. The van der Waals surface area contributed by atoms with Crippen molar-refractivity contribution < 1.29 is 18.8 Å². The van der Waals surface area contributed by atoms with Crippen LogP contribution in [0.5, 0.6) is 11.5 Å². The van der Waals surface area contributed by atoms with Gasteiger partial charge in [0.05, 0.1) is 20.3 Å². The van der Waals surface area contributed by atoms with Crippen molar-refractivity contribution in [2.24, 2.45) is 0 Å². The van der Waals surface area contributed by atoms with Crippen LogP contribution in [0.25, 0.3) is 0 Å². The van der Waals surface area contributed by atoms with E-state index in [0.717, 1.165) is 5.56 Å². The number of hydrogen-bond acceptors (Lipinski definition) is 5. The number of carbonyl (C=O) groups excluding carboxylic acids is 1. The van der Waals surface area contributed by atoms with Crippen molar-refractivity contribution in [3.05, 3.63) is 35.6 Å². The molecule has 0 radical (unpaired) electrons. The van der Waals surface area contributed by atoms with Crippen LogP contribution >= 0.6 is 0 Å². The minimum Gasteiger partial charge on any atom is -0.493 e. The normalized spacial score (nSPS) is 11.6. The maximum Gasteiger partial charge on any atom is 0.320 e. The van der Waals surface area contributed by atoms with E-state index >= 15 is 0 Å². The molecule has 1 aromatic carbocycles. The lowest BCUT2D eigenvalue weighted by atomic mass is 10.1. The zero-order chi connectivity index (χ0) is 16.1. The van der Waals surface area contributed by atoms with Crippen molar-refractivity contribution >= 4 is 11.8 Å². The molecule has 118 valence electrons. The van der Waals surface area contributed by atoms with Crippen molar-refractivity contribution in [2.45, 2.75) is 19.9 Å². The second-order valence-corrected chi connectivity index (χ2v) is 4.76. The summed E-state index contributed by atoms with van der Waals surface area (Å²) in [5.74, 6) is 2.25. The van der Waals surface area contributed by atoms with E-state index in [9.17, 15) is 4.79 Å². The Kier molecular flexibility index (Phi) is 4.88. The molecule has 2 rings (SSSR count). The molecule has 1 atom stereocenters. The summed E-state index contributed by atoms with van der Waals surface area (Å²) in [6, 6.07) is 6.55. The fraction of sp³-hybridized carbons (Fsp3) is 0.333. The number of aryl methyl sites for hydroxylation is 1. The highest BCUT2D eigenvalue weighted by atomic mass is 16.5. The Labute approximate surface area is 128 Å². The van der Waals surface area contributed by atoms with E-state index in [1.165, 1.54) is 0 Å². The van der Waals surface area contributed by atoms with Crippen molar-refractivity contribution in [3.8, 4) is 11.5 Å². The summed E-state index contributed by atoms with van der Waals surface area (Å²) in [6.45, 7) is 3.62. The van der Waals surface area contributed by atoms with Gasteiger partial charge in [0.1, 0.15) is 5.76 Å². The molecular formula is C15H19N3O4. The number of nitrogens with zero attached hydrogens (tertiary/aromatic N) is 1. The molecule has 22 heavy (non-hydrogen) atoms. The predicted molar refractivity (Wildman–Crippen MR) is 81.4 cm³/mol. The molecule has 2 amide bonds. The molecule has 0 aliphatic heterocycles. The molecule has 0 spiro atoms. The highest BCUT2D eigenvalue weighted by molar-refractivity contribution is 5.88. The Hall–Kier alpha value is -2.70. The summed E-state index contributed by atoms with van der Waals surface area (Å²) in [5.41, 5.74) is 0.893. The predicted octanol–water partition coefficient (Wildman–Crippen LogP) is 2.88. The van der Waals surface area contributed by atoms with Crippen LogP contribution in [0.1, 0.15) is 24.3 Å². The average Bonchev–Trinajstić information content (AvgIpc) is 2.91. The molecule has 0 saturated heterocycles. The lowest BCUT2D eigenvalue weighted by Gasteiger charge is -2.16. The van der Waals surface area contributed by atoms with Crippen LogP contribution in [-0.2, 0) is 0 Å². The van der Waals surface area contributed by atoms with Gasteiger partial charge in [0.25, 0.3) is 0 Å². The standard InChI is InChI=1S/C15H19N3O4/c1-9-7-14(18-22-9)17-15(19)16-10(2)11-5-6-12(20-3)13(8-11)21-4/h5-8,10H,1-4H3,(H2,16,17,18,19)/t10-/m1/s1. The molecule has 0 aliphatic carbocycles.